The third kappa shape index (κ3) is 3.93. The molecule has 0 bridgehead atoms. The molecular weight excluding hydrogens is 404 g/mol. The Morgan fingerprint density at radius 2 is 1.73 bits per heavy atom. The normalized spacial score (nSPS) is 10.9. The van der Waals surface area contributed by atoms with Gasteiger partial charge in [0.1, 0.15) is 17.4 Å². The quantitative estimate of drug-likeness (QED) is 0.366. The van der Waals surface area contributed by atoms with Gasteiger partial charge in [-0.05, 0) is 42.3 Å². The Morgan fingerprint density at radius 1 is 0.967 bits per heavy atom. The average molecular weight is 423 g/mol. The van der Waals surface area contributed by atoms with Crippen molar-refractivity contribution in [2.75, 3.05) is 7.11 Å². The topological polar surface area (TPSA) is 39.9 Å². The molecule has 4 aromatic rings. The van der Waals surface area contributed by atoms with Crippen molar-refractivity contribution in [2.45, 2.75) is 17.8 Å². The molecule has 0 aliphatic carbocycles. The highest BCUT2D eigenvalue weighted by atomic mass is 32.2. The fourth-order valence-electron chi connectivity index (χ4n) is 3.18. The molecule has 0 saturated carbocycles. The highest BCUT2D eigenvalue weighted by Gasteiger charge is 2.20. The first-order valence-corrected chi connectivity index (χ1v) is 10.3. The fraction of sp³-hybridized carbons (Fsp3) is 0.130. The predicted octanol–water partition coefficient (Wildman–Crippen LogP) is 5.82. The van der Waals surface area contributed by atoms with E-state index in [1.165, 1.54) is 23.9 Å². The molecule has 0 aliphatic heterocycles. The minimum atomic E-state index is -0.595. The molecule has 152 valence electrons. The van der Waals surface area contributed by atoms with Gasteiger partial charge in [-0.15, -0.1) is 10.2 Å². The van der Waals surface area contributed by atoms with E-state index in [0.29, 0.717) is 28.0 Å². The van der Waals surface area contributed by atoms with Gasteiger partial charge in [-0.3, -0.25) is 4.57 Å². The molecule has 4 nitrogen and oxygen atoms in total. The van der Waals surface area contributed by atoms with E-state index >= 15 is 0 Å². The molecule has 0 unspecified atom stereocenters. The smallest absolute Gasteiger partial charge is 0.196 e. The lowest BCUT2D eigenvalue weighted by Crippen LogP contribution is -2.03. The summed E-state index contributed by atoms with van der Waals surface area (Å²) in [6.07, 6.45) is 0. The number of para-hydroxylation sites is 2. The van der Waals surface area contributed by atoms with Crippen molar-refractivity contribution in [1.82, 2.24) is 14.8 Å². The van der Waals surface area contributed by atoms with Crippen molar-refractivity contribution < 1.29 is 13.5 Å². The number of rotatable bonds is 6. The number of nitrogens with zero attached hydrogens (tertiary/aromatic N) is 3. The average Bonchev–Trinajstić information content (AvgIpc) is 3.17. The monoisotopic (exact) mass is 423 g/mol. The second-order valence-electron chi connectivity index (χ2n) is 6.65. The van der Waals surface area contributed by atoms with Crippen LogP contribution in [0.3, 0.4) is 0 Å². The van der Waals surface area contributed by atoms with Crippen LogP contribution in [0.2, 0.25) is 0 Å². The van der Waals surface area contributed by atoms with Crippen LogP contribution in [0, 0.1) is 18.6 Å². The number of aryl methyl sites for hydroxylation is 1. The predicted molar refractivity (Wildman–Crippen MR) is 114 cm³/mol. The van der Waals surface area contributed by atoms with E-state index in [0.717, 1.165) is 22.9 Å². The zero-order valence-corrected chi connectivity index (χ0v) is 17.3. The summed E-state index contributed by atoms with van der Waals surface area (Å²) < 4.78 is 34.8. The van der Waals surface area contributed by atoms with E-state index in [9.17, 15) is 8.78 Å². The largest absolute Gasteiger partial charge is 0.496 e. The third-order valence-electron chi connectivity index (χ3n) is 4.71. The molecule has 30 heavy (non-hydrogen) atoms. The second-order valence-corrected chi connectivity index (χ2v) is 7.60. The standard InChI is InChI=1S/C23H19F2N3OS/c1-15-7-3-5-9-20(15)28-22(18-8-4-6-10-21(18)29-2)26-27-23(28)30-14-16-11-12-17(24)13-19(16)25/h3-13H,14H2,1-2H3. The molecule has 0 amide bonds. The van der Waals surface area contributed by atoms with Crippen LogP contribution in [-0.2, 0) is 5.75 Å². The molecule has 0 atom stereocenters. The van der Waals surface area contributed by atoms with Crippen molar-refractivity contribution in [3.05, 3.63) is 89.5 Å². The lowest BCUT2D eigenvalue weighted by atomic mass is 10.1. The Kier molecular flexibility index (Phi) is 5.81. The van der Waals surface area contributed by atoms with E-state index in [1.807, 2.05) is 60.0 Å². The summed E-state index contributed by atoms with van der Waals surface area (Å²) in [5.74, 6) is 0.434. The van der Waals surface area contributed by atoms with Gasteiger partial charge in [0, 0.05) is 11.8 Å². The first kappa shape index (κ1) is 20.1. The molecule has 7 heteroatoms. The molecule has 0 fully saturated rings. The number of ether oxygens (including phenoxy) is 1. The Bertz CT molecular complexity index is 1190. The molecule has 0 radical (unpaired) electrons. The minimum absolute atomic E-state index is 0.294. The van der Waals surface area contributed by atoms with Crippen molar-refractivity contribution in [3.8, 4) is 22.8 Å². The summed E-state index contributed by atoms with van der Waals surface area (Å²) >= 11 is 1.34. The van der Waals surface area contributed by atoms with Crippen LogP contribution in [0.5, 0.6) is 5.75 Å². The number of hydrogen-bond acceptors (Lipinski definition) is 4. The number of benzene rings is 3. The molecule has 4 rings (SSSR count). The van der Waals surface area contributed by atoms with Gasteiger partial charge in [0.05, 0.1) is 18.4 Å². The molecular formula is C23H19F2N3OS. The maximum Gasteiger partial charge on any atom is 0.196 e. The van der Waals surface area contributed by atoms with Crippen molar-refractivity contribution in [3.63, 3.8) is 0 Å². The van der Waals surface area contributed by atoms with Gasteiger partial charge in [0.15, 0.2) is 11.0 Å². The Labute approximate surface area is 177 Å². The van der Waals surface area contributed by atoms with Crippen LogP contribution in [0.4, 0.5) is 8.78 Å². The lowest BCUT2D eigenvalue weighted by Gasteiger charge is -2.14. The maximum absolute atomic E-state index is 14.1. The molecule has 1 heterocycles. The number of hydrogen-bond donors (Lipinski definition) is 0. The molecule has 3 aromatic carbocycles. The zero-order chi connectivity index (χ0) is 21.1. The summed E-state index contributed by atoms with van der Waals surface area (Å²) in [7, 11) is 1.61. The SMILES string of the molecule is COc1ccccc1-c1nnc(SCc2ccc(F)cc2F)n1-c1ccccc1C. The first-order valence-electron chi connectivity index (χ1n) is 9.30. The molecule has 1 aromatic heterocycles. The van der Waals surface area contributed by atoms with Crippen LogP contribution in [0.15, 0.2) is 71.9 Å². The Hall–Kier alpha value is -3.19. The van der Waals surface area contributed by atoms with Crippen molar-refractivity contribution in [1.29, 1.82) is 0 Å². The highest BCUT2D eigenvalue weighted by Crippen LogP contribution is 2.35. The van der Waals surface area contributed by atoms with Gasteiger partial charge < -0.3 is 4.74 Å². The fourth-order valence-corrected chi connectivity index (χ4v) is 4.11. The number of halogens is 2. The highest BCUT2D eigenvalue weighted by molar-refractivity contribution is 7.98. The van der Waals surface area contributed by atoms with E-state index in [-0.39, 0.29) is 0 Å². The Morgan fingerprint density at radius 3 is 2.50 bits per heavy atom. The van der Waals surface area contributed by atoms with Crippen molar-refractivity contribution in [2.24, 2.45) is 0 Å². The molecule has 0 saturated heterocycles. The van der Waals surface area contributed by atoms with Gasteiger partial charge in [-0.25, -0.2) is 8.78 Å². The summed E-state index contributed by atoms with van der Waals surface area (Å²) in [5.41, 5.74) is 3.17. The van der Waals surface area contributed by atoms with Crippen LogP contribution < -0.4 is 4.74 Å². The number of thioether (sulfide) groups is 1. The first-order chi connectivity index (χ1) is 14.6. The minimum Gasteiger partial charge on any atom is -0.496 e. The molecule has 0 spiro atoms. The summed E-state index contributed by atoms with van der Waals surface area (Å²) in [4.78, 5) is 0. The van der Waals surface area contributed by atoms with E-state index in [2.05, 4.69) is 10.2 Å². The molecule has 0 N–H and O–H groups in total. The third-order valence-corrected chi connectivity index (χ3v) is 5.69. The van der Waals surface area contributed by atoms with Gasteiger partial charge in [-0.2, -0.15) is 0 Å². The lowest BCUT2D eigenvalue weighted by molar-refractivity contribution is 0.416. The molecule has 0 aliphatic rings. The van der Waals surface area contributed by atoms with Gasteiger partial charge in [0.25, 0.3) is 0 Å². The number of aromatic nitrogens is 3. The van der Waals surface area contributed by atoms with Gasteiger partial charge >= 0.3 is 0 Å². The van der Waals surface area contributed by atoms with E-state index < -0.39 is 11.6 Å². The van der Waals surface area contributed by atoms with Crippen LogP contribution in [0.1, 0.15) is 11.1 Å². The summed E-state index contributed by atoms with van der Waals surface area (Å²) in [6.45, 7) is 2.01. The Balaban J connectivity index is 1.79. The van der Waals surface area contributed by atoms with Crippen molar-refractivity contribution >= 4 is 11.8 Å². The van der Waals surface area contributed by atoms with Crippen LogP contribution in [-0.4, -0.2) is 21.9 Å². The van der Waals surface area contributed by atoms with E-state index in [4.69, 9.17) is 4.74 Å². The number of methoxy groups -OCH3 is 1. The summed E-state index contributed by atoms with van der Waals surface area (Å²) in [5, 5.41) is 9.40. The van der Waals surface area contributed by atoms with Crippen LogP contribution >= 0.6 is 11.8 Å². The second kappa shape index (κ2) is 8.67. The van der Waals surface area contributed by atoms with Crippen LogP contribution in [0.25, 0.3) is 17.1 Å². The summed E-state index contributed by atoms with van der Waals surface area (Å²) in [6, 6.07) is 19.1. The van der Waals surface area contributed by atoms with E-state index in [1.54, 1.807) is 7.11 Å². The van der Waals surface area contributed by atoms with Gasteiger partial charge in [-0.1, -0.05) is 48.2 Å². The maximum atomic E-state index is 14.1. The zero-order valence-electron chi connectivity index (χ0n) is 16.5. The van der Waals surface area contributed by atoms with Gasteiger partial charge in [0.2, 0.25) is 0 Å².